The molecule has 0 bridgehead atoms. The third kappa shape index (κ3) is 4.44. The van der Waals surface area contributed by atoms with Crippen LogP contribution in [-0.2, 0) is 16.6 Å². The summed E-state index contributed by atoms with van der Waals surface area (Å²) in [4.78, 5) is 12.2. The van der Waals surface area contributed by atoms with E-state index in [4.69, 9.17) is 16.0 Å². The maximum absolute atomic E-state index is 12.5. The Morgan fingerprint density at radius 2 is 1.81 bits per heavy atom. The molecule has 3 aromatic rings. The lowest BCUT2D eigenvalue weighted by atomic mass is 10.2. The number of sulfonamides is 1. The molecule has 0 spiro atoms. The maximum atomic E-state index is 12.5. The monoisotopic (exact) mass is 390 g/mol. The van der Waals surface area contributed by atoms with Gasteiger partial charge in [0.05, 0.1) is 17.7 Å². The fourth-order valence-electron chi connectivity index (χ4n) is 2.22. The average molecular weight is 391 g/mol. The first-order valence-corrected chi connectivity index (χ1v) is 9.49. The van der Waals surface area contributed by atoms with Crippen molar-refractivity contribution in [2.75, 3.05) is 4.72 Å². The normalized spacial score (nSPS) is 11.1. The first-order valence-electron chi connectivity index (χ1n) is 7.63. The van der Waals surface area contributed by atoms with E-state index in [1.165, 1.54) is 24.5 Å². The van der Waals surface area contributed by atoms with Gasteiger partial charge in [0.15, 0.2) is 0 Å². The Balaban J connectivity index is 1.74. The molecule has 3 rings (SSSR count). The molecule has 134 valence electrons. The maximum Gasteiger partial charge on any atom is 0.261 e. The van der Waals surface area contributed by atoms with E-state index >= 15 is 0 Å². The largest absolute Gasteiger partial charge is 0.467 e. The number of carbonyl (C=O) groups excluding carboxylic acids is 1. The van der Waals surface area contributed by atoms with Crippen molar-refractivity contribution in [1.82, 2.24) is 5.32 Å². The van der Waals surface area contributed by atoms with Gasteiger partial charge in [0.25, 0.3) is 15.9 Å². The third-order valence-electron chi connectivity index (χ3n) is 3.51. The third-order valence-corrected chi connectivity index (χ3v) is 5.14. The highest BCUT2D eigenvalue weighted by Gasteiger charge is 2.16. The minimum Gasteiger partial charge on any atom is -0.467 e. The molecule has 1 aromatic heterocycles. The van der Waals surface area contributed by atoms with Gasteiger partial charge in [-0.05, 0) is 54.6 Å². The van der Waals surface area contributed by atoms with Crippen LogP contribution in [0.2, 0.25) is 5.02 Å². The molecule has 1 heterocycles. The van der Waals surface area contributed by atoms with Crippen molar-refractivity contribution < 1.29 is 17.6 Å². The second-order valence-electron chi connectivity index (χ2n) is 5.40. The van der Waals surface area contributed by atoms with Gasteiger partial charge in [0.2, 0.25) is 0 Å². The molecule has 0 fully saturated rings. The van der Waals surface area contributed by atoms with Crippen molar-refractivity contribution in [3.05, 3.63) is 83.3 Å². The lowest BCUT2D eigenvalue weighted by Crippen LogP contribution is -2.23. The molecule has 0 saturated heterocycles. The van der Waals surface area contributed by atoms with Crippen LogP contribution in [-0.4, -0.2) is 14.3 Å². The summed E-state index contributed by atoms with van der Waals surface area (Å²) in [6.45, 7) is 0.214. The zero-order valence-electron chi connectivity index (χ0n) is 13.5. The van der Waals surface area contributed by atoms with Gasteiger partial charge < -0.3 is 9.73 Å². The Bertz CT molecular complexity index is 1000. The molecular weight excluding hydrogens is 376 g/mol. The number of hydrogen-bond donors (Lipinski definition) is 2. The zero-order valence-corrected chi connectivity index (χ0v) is 15.0. The summed E-state index contributed by atoms with van der Waals surface area (Å²) in [5.41, 5.74) is 0.609. The number of benzene rings is 2. The highest BCUT2D eigenvalue weighted by atomic mass is 35.5. The number of rotatable bonds is 6. The lowest BCUT2D eigenvalue weighted by molar-refractivity contribution is 0.0948. The predicted molar refractivity (Wildman–Crippen MR) is 98.6 cm³/mol. The van der Waals surface area contributed by atoms with E-state index in [0.717, 1.165) is 0 Å². The minimum atomic E-state index is -3.83. The van der Waals surface area contributed by atoms with Gasteiger partial charge in [0.1, 0.15) is 5.76 Å². The zero-order chi connectivity index (χ0) is 18.6. The van der Waals surface area contributed by atoms with E-state index in [9.17, 15) is 13.2 Å². The van der Waals surface area contributed by atoms with Gasteiger partial charge in [-0.2, -0.15) is 0 Å². The van der Waals surface area contributed by atoms with Crippen LogP contribution in [0.1, 0.15) is 16.1 Å². The van der Waals surface area contributed by atoms with Crippen LogP contribution in [0.3, 0.4) is 0 Å². The Morgan fingerprint density at radius 1 is 1.04 bits per heavy atom. The quantitative estimate of drug-likeness (QED) is 0.672. The highest BCUT2D eigenvalue weighted by Crippen LogP contribution is 2.19. The number of amides is 1. The molecular formula is C18H15ClN2O4S. The number of furan rings is 1. The fraction of sp³-hybridized carbons (Fsp3) is 0.0556. The van der Waals surface area contributed by atoms with Crippen LogP contribution in [0.15, 0.2) is 76.2 Å². The summed E-state index contributed by atoms with van der Waals surface area (Å²) in [5.74, 6) is 0.205. The molecule has 0 saturated carbocycles. The van der Waals surface area contributed by atoms with Gasteiger partial charge in [-0.25, -0.2) is 8.42 Å². The summed E-state index contributed by atoms with van der Waals surface area (Å²) in [6, 6.07) is 15.5. The number of anilines is 1. The number of carbonyl (C=O) groups is 1. The number of nitrogens with one attached hydrogen (secondary N) is 2. The van der Waals surface area contributed by atoms with Crippen molar-refractivity contribution in [3.8, 4) is 0 Å². The van der Waals surface area contributed by atoms with Crippen LogP contribution in [0.5, 0.6) is 0 Å². The van der Waals surface area contributed by atoms with Crippen molar-refractivity contribution in [2.45, 2.75) is 11.4 Å². The van der Waals surface area contributed by atoms with Crippen LogP contribution in [0, 0.1) is 0 Å². The van der Waals surface area contributed by atoms with Gasteiger partial charge in [0, 0.05) is 16.3 Å². The van der Waals surface area contributed by atoms with E-state index in [0.29, 0.717) is 16.5 Å². The molecule has 0 aliphatic rings. The van der Waals surface area contributed by atoms with E-state index in [2.05, 4.69) is 10.0 Å². The molecule has 0 unspecified atom stereocenters. The van der Waals surface area contributed by atoms with Crippen molar-refractivity contribution in [3.63, 3.8) is 0 Å². The predicted octanol–water partition coefficient (Wildman–Crippen LogP) is 3.66. The summed E-state index contributed by atoms with van der Waals surface area (Å²) >= 11 is 5.79. The van der Waals surface area contributed by atoms with Gasteiger partial charge in [-0.15, -0.1) is 0 Å². The molecule has 0 radical (unpaired) electrons. The van der Waals surface area contributed by atoms with Crippen LogP contribution < -0.4 is 10.0 Å². The van der Waals surface area contributed by atoms with Crippen LogP contribution in [0.4, 0.5) is 5.69 Å². The van der Waals surface area contributed by atoms with E-state index in [1.54, 1.807) is 42.5 Å². The second-order valence-corrected chi connectivity index (χ2v) is 7.52. The molecule has 26 heavy (non-hydrogen) atoms. The van der Waals surface area contributed by atoms with Crippen molar-refractivity contribution in [1.29, 1.82) is 0 Å². The first kappa shape index (κ1) is 18.0. The number of hydrogen-bond acceptors (Lipinski definition) is 4. The topological polar surface area (TPSA) is 88.4 Å². The summed E-state index contributed by atoms with van der Waals surface area (Å²) < 4.78 is 32.6. The smallest absolute Gasteiger partial charge is 0.261 e. The van der Waals surface area contributed by atoms with Crippen molar-refractivity contribution in [2.24, 2.45) is 0 Å². The Kier molecular flexibility index (Phi) is 5.29. The molecule has 6 nitrogen and oxygen atoms in total. The number of halogens is 1. The van der Waals surface area contributed by atoms with E-state index in [1.807, 2.05) is 0 Å². The molecule has 2 aromatic carbocycles. The SMILES string of the molecule is O=C(NCc1ccco1)c1cccc(S(=O)(=O)Nc2ccc(Cl)cc2)c1. The van der Waals surface area contributed by atoms with E-state index in [-0.39, 0.29) is 17.0 Å². The van der Waals surface area contributed by atoms with Crippen LogP contribution >= 0.6 is 11.6 Å². The minimum absolute atomic E-state index is 0.0156. The molecule has 2 N–H and O–H groups in total. The second kappa shape index (κ2) is 7.63. The average Bonchev–Trinajstić information content (AvgIpc) is 3.15. The Morgan fingerprint density at radius 3 is 2.50 bits per heavy atom. The fourth-order valence-corrected chi connectivity index (χ4v) is 3.45. The molecule has 0 aliphatic heterocycles. The standard InChI is InChI=1S/C18H15ClN2O4S/c19-14-6-8-15(9-7-14)21-26(23,24)17-5-1-3-13(11-17)18(22)20-12-16-4-2-10-25-16/h1-11,21H,12H2,(H,20,22). The van der Waals surface area contributed by atoms with Gasteiger partial charge in [-0.3, -0.25) is 9.52 Å². The van der Waals surface area contributed by atoms with Gasteiger partial charge in [-0.1, -0.05) is 17.7 Å². The molecule has 8 heteroatoms. The highest BCUT2D eigenvalue weighted by molar-refractivity contribution is 7.92. The molecule has 0 aliphatic carbocycles. The summed E-state index contributed by atoms with van der Waals surface area (Å²) in [7, 11) is -3.83. The van der Waals surface area contributed by atoms with Gasteiger partial charge >= 0.3 is 0 Å². The molecule has 1 amide bonds. The van der Waals surface area contributed by atoms with E-state index < -0.39 is 15.9 Å². The summed E-state index contributed by atoms with van der Waals surface area (Å²) in [6.07, 6.45) is 1.51. The van der Waals surface area contributed by atoms with Crippen LogP contribution in [0.25, 0.3) is 0 Å². The van der Waals surface area contributed by atoms with Crippen molar-refractivity contribution >= 4 is 33.2 Å². The Labute approximate surface area is 155 Å². The molecule has 0 atom stereocenters. The lowest BCUT2D eigenvalue weighted by Gasteiger charge is -2.10. The summed E-state index contributed by atoms with van der Waals surface area (Å²) in [5, 5.41) is 3.18. The Hall–Kier alpha value is -2.77. The first-order chi connectivity index (χ1) is 12.4.